The third-order valence-corrected chi connectivity index (χ3v) is 5.96. The molecule has 1 aromatic heterocycles. The van der Waals surface area contributed by atoms with Crippen LogP contribution in [0.15, 0.2) is 66.0 Å². The molecule has 0 atom stereocenters. The van der Waals surface area contributed by atoms with Gasteiger partial charge >= 0.3 is 0 Å². The number of rotatable bonds is 6. The SMILES string of the molecule is O=C(Cc1cccs1)NCCc1ccc(N2CCc3ccccc3C2)cc1. The molecule has 4 heteroatoms. The average molecular weight is 377 g/mol. The molecule has 3 nitrogen and oxygen atoms in total. The molecule has 0 aliphatic carbocycles. The molecule has 27 heavy (non-hydrogen) atoms. The Hall–Kier alpha value is -2.59. The summed E-state index contributed by atoms with van der Waals surface area (Å²) in [7, 11) is 0. The van der Waals surface area contributed by atoms with Crippen LogP contribution >= 0.6 is 11.3 Å². The van der Waals surface area contributed by atoms with Crippen molar-refractivity contribution in [3.8, 4) is 0 Å². The predicted molar refractivity (Wildman–Crippen MR) is 112 cm³/mol. The van der Waals surface area contributed by atoms with Crippen molar-refractivity contribution in [3.05, 3.63) is 87.6 Å². The van der Waals surface area contributed by atoms with Gasteiger partial charge in [-0.1, -0.05) is 42.5 Å². The number of thiophene rings is 1. The van der Waals surface area contributed by atoms with Gasteiger partial charge in [-0.05, 0) is 53.1 Å². The van der Waals surface area contributed by atoms with Gasteiger partial charge in [0.1, 0.15) is 0 Å². The molecule has 3 aromatic rings. The van der Waals surface area contributed by atoms with Crippen LogP contribution in [-0.2, 0) is 30.6 Å². The summed E-state index contributed by atoms with van der Waals surface area (Å²) in [6.45, 7) is 2.73. The standard InChI is InChI=1S/C23H24N2OS/c26-23(16-22-6-3-15-27-22)24-13-11-18-7-9-21(10-8-18)25-14-12-19-4-1-2-5-20(19)17-25/h1-10,15H,11-14,16-17H2,(H,24,26). The van der Waals surface area contributed by atoms with Crippen molar-refractivity contribution in [1.82, 2.24) is 5.32 Å². The summed E-state index contributed by atoms with van der Waals surface area (Å²) in [5.74, 6) is 0.0982. The van der Waals surface area contributed by atoms with E-state index in [-0.39, 0.29) is 5.91 Å². The van der Waals surface area contributed by atoms with E-state index >= 15 is 0 Å². The molecule has 0 saturated carbocycles. The molecule has 2 aromatic carbocycles. The van der Waals surface area contributed by atoms with E-state index in [4.69, 9.17) is 0 Å². The van der Waals surface area contributed by atoms with E-state index in [0.29, 0.717) is 13.0 Å². The van der Waals surface area contributed by atoms with E-state index in [9.17, 15) is 4.79 Å². The van der Waals surface area contributed by atoms with Gasteiger partial charge < -0.3 is 10.2 Å². The lowest BCUT2D eigenvalue weighted by Crippen LogP contribution is -2.30. The first-order valence-electron chi connectivity index (χ1n) is 9.48. The summed E-state index contributed by atoms with van der Waals surface area (Å²) < 4.78 is 0. The molecule has 1 amide bonds. The maximum absolute atomic E-state index is 12.0. The highest BCUT2D eigenvalue weighted by Gasteiger charge is 2.15. The fourth-order valence-electron chi connectivity index (χ4n) is 3.57. The van der Waals surface area contributed by atoms with Gasteiger partial charge in [0.05, 0.1) is 6.42 Å². The molecule has 0 fully saturated rings. The number of anilines is 1. The Labute approximate surface area is 164 Å². The first kappa shape index (κ1) is 17.8. The van der Waals surface area contributed by atoms with Gasteiger partial charge in [0.2, 0.25) is 5.91 Å². The van der Waals surface area contributed by atoms with Crippen LogP contribution < -0.4 is 10.2 Å². The largest absolute Gasteiger partial charge is 0.367 e. The number of fused-ring (bicyclic) bond motifs is 1. The van der Waals surface area contributed by atoms with Crippen LogP contribution in [-0.4, -0.2) is 19.0 Å². The van der Waals surface area contributed by atoms with Crippen molar-refractivity contribution in [2.24, 2.45) is 0 Å². The molecule has 0 bridgehead atoms. The van der Waals surface area contributed by atoms with E-state index in [0.717, 1.165) is 30.8 Å². The minimum atomic E-state index is 0.0982. The third kappa shape index (κ3) is 4.58. The van der Waals surface area contributed by atoms with Crippen molar-refractivity contribution >= 4 is 22.9 Å². The third-order valence-electron chi connectivity index (χ3n) is 5.08. The lowest BCUT2D eigenvalue weighted by molar-refractivity contribution is -0.120. The lowest BCUT2D eigenvalue weighted by atomic mass is 9.99. The lowest BCUT2D eigenvalue weighted by Gasteiger charge is -2.30. The fraction of sp³-hybridized carbons (Fsp3) is 0.261. The van der Waals surface area contributed by atoms with Gasteiger partial charge in [-0.15, -0.1) is 11.3 Å². The molecule has 1 aliphatic heterocycles. The fourth-order valence-corrected chi connectivity index (χ4v) is 4.27. The highest BCUT2D eigenvalue weighted by atomic mass is 32.1. The zero-order valence-electron chi connectivity index (χ0n) is 15.4. The second kappa shape index (κ2) is 8.40. The van der Waals surface area contributed by atoms with Crippen LogP contribution in [0.2, 0.25) is 0 Å². The second-order valence-electron chi connectivity index (χ2n) is 6.96. The monoisotopic (exact) mass is 376 g/mol. The van der Waals surface area contributed by atoms with Gasteiger partial charge in [-0.25, -0.2) is 0 Å². The van der Waals surface area contributed by atoms with Crippen LogP contribution in [0.1, 0.15) is 21.6 Å². The maximum Gasteiger partial charge on any atom is 0.225 e. The first-order chi connectivity index (χ1) is 13.3. The molecule has 0 radical (unpaired) electrons. The molecular formula is C23H24N2OS. The van der Waals surface area contributed by atoms with Gasteiger partial charge in [-0.3, -0.25) is 4.79 Å². The Kier molecular flexibility index (Phi) is 5.54. The number of amides is 1. The minimum Gasteiger partial charge on any atom is -0.367 e. The number of carbonyl (C=O) groups excluding carboxylic acids is 1. The Morgan fingerprint density at radius 3 is 2.59 bits per heavy atom. The molecule has 2 heterocycles. The topological polar surface area (TPSA) is 32.3 Å². The van der Waals surface area contributed by atoms with Crippen LogP contribution in [0.5, 0.6) is 0 Å². The van der Waals surface area contributed by atoms with Crippen molar-refractivity contribution in [2.75, 3.05) is 18.0 Å². The Bertz CT molecular complexity index is 887. The minimum absolute atomic E-state index is 0.0982. The van der Waals surface area contributed by atoms with Crippen LogP contribution in [0, 0.1) is 0 Å². The molecular weight excluding hydrogens is 352 g/mol. The molecule has 1 aliphatic rings. The number of nitrogens with zero attached hydrogens (tertiary/aromatic N) is 1. The number of benzene rings is 2. The van der Waals surface area contributed by atoms with Crippen LogP contribution in [0.4, 0.5) is 5.69 Å². The predicted octanol–water partition coefficient (Wildman–Crippen LogP) is 4.21. The first-order valence-corrected chi connectivity index (χ1v) is 10.4. The zero-order chi connectivity index (χ0) is 18.5. The molecule has 1 N–H and O–H groups in total. The summed E-state index contributed by atoms with van der Waals surface area (Å²) in [6, 6.07) is 21.5. The molecule has 0 spiro atoms. The van der Waals surface area contributed by atoms with Gasteiger partial charge in [0, 0.05) is 30.2 Å². The van der Waals surface area contributed by atoms with E-state index in [2.05, 4.69) is 58.7 Å². The summed E-state index contributed by atoms with van der Waals surface area (Å²) in [4.78, 5) is 15.5. The maximum atomic E-state index is 12.0. The van der Waals surface area contributed by atoms with E-state index in [1.54, 1.807) is 11.3 Å². The molecule has 138 valence electrons. The van der Waals surface area contributed by atoms with Gasteiger partial charge in [0.25, 0.3) is 0 Å². The molecule has 0 unspecified atom stereocenters. The average Bonchev–Trinajstić information content (AvgIpc) is 3.21. The van der Waals surface area contributed by atoms with Crippen molar-refractivity contribution < 1.29 is 4.79 Å². The number of carbonyl (C=O) groups is 1. The smallest absolute Gasteiger partial charge is 0.225 e. The van der Waals surface area contributed by atoms with Crippen LogP contribution in [0.3, 0.4) is 0 Å². The molecule has 4 rings (SSSR count). The second-order valence-corrected chi connectivity index (χ2v) is 8.00. The normalized spacial score (nSPS) is 13.3. The summed E-state index contributed by atoms with van der Waals surface area (Å²) >= 11 is 1.63. The highest BCUT2D eigenvalue weighted by molar-refractivity contribution is 7.10. The summed E-state index contributed by atoms with van der Waals surface area (Å²) in [5.41, 5.74) is 5.44. The van der Waals surface area contributed by atoms with E-state index in [1.807, 2.05) is 17.5 Å². The van der Waals surface area contributed by atoms with Gasteiger partial charge in [-0.2, -0.15) is 0 Å². The van der Waals surface area contributed by atoms with Crippen molar-refractivity contribution in [2.45, 2.75) is 25.8 Å². The van der Waals surface area contributed by atoms with E-state index < -0.39 is 0 Å². The molecule has 0 saturated heterocycles. The Morgan fingerprint density at radius 2 is 1.81 bits per heavy atom. The highest BCUT2D eigenvalue weighted by Crippen LogP contribution is 2.24. The Morgan fingerprint density at radius 1 is 1.00 bits per heavy atom. The quantitative estimate of drug-likeness (QED) is 0.699. The number of hydrogen-bond acceptors (Lipinski definition) is 3. The van der Waals surface area contributed by atoms with Crippen molar-refractivity contribution in [3.63, 3.8) is 0 Å². The number of hydrogen-bond donors (Lipinski definition) is 1. The van der Waals surface area contributed by atoms with Crippen LogP contribution in [0.25, 0.3) is 0 Å². The van der Waals surface area contributed by atoms with E-state index in [1.165, 1.54) is 22.4 Å². The zero-order valence-corrected chi connectivity index (χ0v) is 16.2. The van der Waals surface area contributed by atoms with Gasteiger partial charge in [0.15, 0.2) is 0 Å². The van der Waals surface area contributed by atoms with Crippen molar-refractivity contribution in [1.29, 1.82) is 0 Å². The number of nitrogens with one attached hydrogen (secondary N) is 1. The Balaban J connectivity index is 1.27. The summed E-state index contributed by atoms with van der Waals surface area (Å²) in [6.07, 6.45) is 2.44. The summed E-state index contributed by atoms with van der Waals surface area (Å²) in [5, 5.41) is 5.02.